The molecule has 2 heterocycles. The molecule has 4 rings (SSSR count). The van der Waals surface area contributed by atoms with Gasteiger partial charge in [0.1, 0.15) is 23.4 Å². The molecule has 2 saturated heterocycles. The molecule has 4 N–H and O–H groups in total. The van der Waals surface area contributed by atoms with Crippen LogP contribution in [0.3, 0.4) is 0 Å². The Balaban J connectivity index is 1.34. The highest BCUT2D eigenvalue weighted by atomic mass is 32.2. The van der Waals surface area contributed by atoms with Crippen LogP contribution in [0.25, 0.3) is 0 Å². The summed E-state index contributed by atoms with van der Waals surface area (Å²) in [6, 6.07) is 9.48. The molecule has 0 aromatic heterocycles. The van der Waals surface area contributed by atoms with Crippen molar-refractivity contribution in [2.75, 3.05) is 6.54 Å². The van der Waals surface area contributed by atoms with Gasteiger partial charge in [-0.2, -0.15) is 0 Å². The molecule has 0 bridgehead atoms. The van der Waals surface area contributed by atoms with Crippen LogP contribution in [0.5, 0.6) is 11.5 Å². The molecule has 3 amide bonds. The van der Waals surface area contributed by atoms with E-state index in [1.165, 1.54) is 12.1 Å². The zero-order chi connectivity index (χ0) is 24.9. The van der Waals surface area contributed by atoms with Crippen molar-refractivity contribution in [2.24, 2.45) is 0 Å². The summed E-state index contributed by atoms with van der Waals surface area (Å²) >= 11 is 0.840. The van der Waals surface area contributed by atoms with Crippen LogP contribution in [0.4, 0.5) is 9.18 Å². The number of ether oxygens (including phenoxy) is 1. The number of hydrogen-bond acceptors (Lipinski definition) is 7. The molecule has 3 atom stereocenters. The fourth-order valence-corrected chi connectivity index (χ4v) is 4.78. The molecule has 2 aliphatic heterocycles. The number of benzene rings is 2. The van der Waals surface area contributed by atoms with Crippen LogP contribution in [-0.4, -0.2) is 52.0 Å². The molecular weight excluding hydrogens is 477 g/mol. The number of carbonyl (C=O) groups is 4. The highest BCUT2D eigenvalue weighted by molar-refractivity contribution is 8.15. The summed E-state index contributed by atoms with van der Waals surface area (Å²) < 4.78 is 20.2. The summed E-state index contributed by atoms with van der Waals surface area (Å²) in [5, 5.41) is 16.2. The lowest BCUT2D eigenvalue weighted by Crippen LogP contribution is -2.49. The van der Waals surface area contributed by atoms with E-state index in [-0.39, 0.29) is 30.5 Å². The number of hydrogen-bond donors (Lipinski definition) is 4. The third-order valence-corrected chi connectivity index (χ3v) is 6.77. The minimum Gasteiger partial charge on any atom is -0.480 e. The summed E-state index contributed by atoms with van der Waals surface area (Å²) in [4.78, 5) is 46.9. The minimum atomic E-state index is -1.12. The van der Waals surface area contributed by atoms with E-state index in [1.54, 1.807) is 30.3 Å². The first-order valence-corrected chi connectivity index (χ1v) is 12.0. The first-order valence-electron chi connectivity index (χ1n) is 11.1. The highest BCUT2D eigenvalue weighted by Crippen LogP contribution is 2.28. The molecule has 11 heteroatoms. The van der Waals surface area contributed by atoms with Gasteiger partial charge in [-0.1, -0.05) is 30.0 Å². The SMILES string of the molecule is O=C1NC(=O)C(Cc2ccc(Oc3ccc(CC(NC(=O)C4CCCN4)C(=O)O)cc3)cc2F)S1. The summed E-state index contributed by atoms with van der Waals surface area (Å²) in [6.45, 7) is 0.738. The standard InChI is InChI=1S/C24H24FN3O6S/c25-17-12-16(8-5-14(17)11-20-22(30)28-24(33)35-20)34-15-6-3-13(4-7-15)10-19(23(31)32)27-21(29)18-2-1-9-26-18/h3-8,12,18-20,26H,1-2,9-11H2,(H,27,29)(H,31,32)(H,28,30,33). The Morgan fingerprint density at radius 1 is 1.17 bits per heavy atom. The molecule has 0 spiro atoms. The van der Waals surface area contributed by atoms with Crippen LogP contribution in [0.1, 0.15) is 24.0 Å². The van der Waals surface area contributed by atoms with Gasteiger partial charge in [-0.05, 0) is 55.1 Å². The number of rotatable bonds is 9. The summed E-state index contributed by atoms with van der Waals surface area (Å²) in [5.41, 5.74) is 0.984. The predicted octanol–water partition coefficient (Wildman–Crippen LogP) is 2.38. The maximum Gasteiger partial charge on any atom is 0.326 e. The van der Waals surface area contributed by atoms with Crippen LogP contribution in [-0.2, 0) is 27.2 Å². The van der Waals surface area contributed by atoms with Crippen molar-refractivity contribution in [1.82, 2.24) is 16.0 Å². The van der Waals surface area contributed by atoms with E-state index in [0.717, 1.165) is 24.7 Å². The zero-order valence-electron chi connectivity index (χ0n) is 18.6. The van der Waals surface area contributed by atoms with E-state index in [9.17, 15) is 28.7 Å². The van der Waals surface area contributed by atoms with Crippen LogP contribution in [0, 0.1) is 5.82 Å². The minimum absolute atomic E-state index is 0.0845. The Morgan fingerprint density at radius 2 is 1.91 bits per heavy atom. The van der Waals surface area contributed by atoms with E-state index in [2.05, 4.69) is 16.0 Å². The Bertz CT molecular complexity index is 1140. The monoisotopic (exact) mass is 501 g/mol. The van der Waals surface area contributed by atoms with E-state index < -0.39 is 34.2 Å². The number of imide groups is 1. The van der Waals surface area contributed by atoms with Crippen molar-refractivity contribution in [2.45, 2.75) is 43.0 Å². The van der Waals surface area contributed by atoms with Crippen molar-refractivity contribution in [1.29, 1.82) is 0 Å². The van der Waals surface area contributed by atoms with Crippen molar-refractivity contribution in [3.63, 3.8) is 0 Å². The topological polar surface area (TPSA) is 134 Å². The van der Waals surface area contributed by atoms with Crippen LogP contribution >= 0.6 is 11.8 Å². The quantitative estimate of drug-likeness (QED) is 0.412. The average molecular weight is 502 g/mol. The Labute approximate surface area is 204 Å². The molecule has 35 heavy (non-hydrogen) atoms. The number of carbonyl (C=O) groups excluding carboxylic acids is 3. The van der Waals surface area contributed by atoms with Crippen molar-refractivity contribution in [3.05, 3.63) is 59.4 Å². The predicted molar refractivity (Wildman–Crippen MR) is 126 cm³/mol. The van der Waals surface area contributed by atoms with Gasteiger partial charge in [-0.3, -0.25) is 19.7 Å². The lowest BCUT2D eigenvalue weighted by Gasteiger charge is -2.18. The summed E-state index contributed by atoms with van der Waals surface area (Å²) in [6.07, 6.45) is 1.75. The Hall–Kier alpha value is -3.44. The van der Waals surface area contributed by atoms with E-state index in [0.29, 0.717) is 23.3 Å². The van der Waals surface area contributed by atoms with Crippen molar-refractivity contribution < 1.29 is 33.4 Å². The second-order valence-corrected chi connectivity index (χ2v) is 9.51. The first-order chi connectivity index (χ1) is 16.8. The molecule has 184 valence electrons. The first kappa shape index (κ1) is 24.7. The third kappa shape index (κ3) is 6.37. The lowest BCUT2D eigenvalue weighted by atomic mass is 10.0. The van der Waals surface area contributed by atoms with Crippen LogP contribution in [0.15, 0.2) is 42.5 Å². The molecule has 0 radical (unpaired) electrons. The summed E-state index contributed by atoms with van der Waals surface area (Å²) in [7, 11) is 0. The molecule has 3 unspecified atom stereocenters. The second-order valence-electron chi connectivity index (χ2n) is 8.34. The number of amides is 3. The van der Waals surface area contributed by atoms with Gasteiger partial charge < -0.3 is 20.5 Å². The Kier molecular flexibility index (Phi) is 7.67. The van der Waals surface area contributed by atoms with Gasteiger partial charge in [-0.25, -0.2) is 9.18 Å². The van der Waals surface area contributed by atoms with Gasteiger partial charge in [0.05, 0.1) is 11.3 Å². The Morgan fingerprint density at radius 3 is 2.51 bits per heavy atom. The number of halogens is 1. The molecule has 2 aromatic carbocycles. The van der Waals surface area contributed by atoms with Gasteiger partial charge in [0, 0.05) is 12.5 Å². The van der Waals surface area contributed by atoms with Gasteiger partial charge in [0.25, 0.3) is 5.24 Å². The zero-order valence-corrected chi connectivity index (χ0v) is 19.4. The average Bonchev–Trinajstić information content (AvgIpc) is 3.46. The number of carboxylic acid groups (broad SMARTS) is 1. The molecule has 2 aromatic rings. The van der Waals surface area contributed by atoms with Crippen LogP contribution in [0.2, 0.25) is 0 Å². The molecule has 2 aliphatic rings. The molecule has 2 fully saturated rings. The number of carboxylic acids is 1. The molecular formula is C24H24FN3O6S. The highest BCUT2D eigenvalue weighted by Gasteiger charge is 2.32. The maximum absolute atomic E-state index is 14.5. The largest absolute Gasteiger partial charge is 0.480 e. The molecule has 0 aliphatic carbocycles. The van der Waals surface area contributed by atoms with Gasteiger partial charge in [0.2, 0.25) is 11.8 Å². The van der Waals surface area contributed by atoms with Gasteiger partial charge >= 0.3 is 5.97 Å². The number of thioether (sulfide) groups is 1. The fraction of sp³-hybridized carbons (Fsp3) is 0.333. The van der Waals surface area contributed by atoms with Crippen molar-refractivity contribution >= 4 is 34.8 Å². The number of aliphatic carboxylic acids is 1. The van der Waals surface area contributed by atoms with E-state index in [4.69, 9.17) is 4.74 Å². The van der Waals surface area contributed by atoms with E-state index >= 15 is 0 Å². The lowest BCUT2D eigenvalue weighted by molar-refractivity contribution is -0.142. The normalized spacial score (nSPS) is 20.4. The number of nitrogens with one attached hydrogen (secondary N) is 3. The third-order valence-electron chi connectivity index (χ3n) is 5.79. The van der Waals surface area contributed by atoms with Gasteiger partial charge in [-0.15, -0.1) is 0 Å². The second kappa shape index (κ2) is 10.9. The summed E-state index contributed by atoms with van der Waals surface area (Å²) in [5.74, 6) is -1.76. The molecule has 9 nitrogen and oxygen atoms in total. The van der Waals surface area contributed by atoms with Crippen LogP contribution < -0.4 is 20.7 Å². The van der Waals surface area contributed by atoms with E-state index in [1.807, 2.05) is 0 Å². The van der Waals surface area contributed by atoms with Gasteiger partial charge in [0.15, 0.2) is 0 Å². The molecule has 0 saturated carbocycles. The fourth-order valence-electron chi connectivity index (χ4n) is 3.93. The smallest absolute Gasteiger partial charge is 0.326 e. The van der Waals surface area contributed by atoms with Crippen molar-refractivity contribution in [3.8, 4) is 11.5 Å². The maximum atomic E-state index is 14.5.